The van der Waals surface area contributed by atoms with Gasteiger partial charge in [0, 0.05) is 4.47 Å². The van der Waals surface area contributed by atoms with Crippen LogP contribution in [0.25, 0.3) is 0 Å². The highest BCUT2D eigenvalue weighted by atomic mass is 79.9. The summed E-state index contributed by atoms with van der Waals surface area (Å²) in [5.74, 6) is -0.315. The Morgan fingerprint density at radius 1 is 1.40 bits per heavy atom. The topological polar surface area (TPSA) is 46.5 Å². The summed E-state index contributed by atoms with van der Waals surface area (Å²) in [4.78, 5) is 10.7. The Balaban J connectivity index is 3.00. The molecule has 0 aromatic heterocycles. The van der Waals surface area contributed by atoms with Crippen LogP contribution in [0.15, 0.2) is 16.6 Å². The molecule has 0 fully saturated rings. The third-order valence-electron chi connectivity index (χ3n) is 2.07. The maximum atomic E-state index is 10.7. The SMILES string of the molecule is Cc1cc(Br)cc(C)c1OC(C)C(=O)O. The third-order valence-corrected chi connectivity index (χ3v) is 2.53. The van der Waals surface area contributed by atoms with Crippen LogP contribution in [-0.2, 0) is 4.79 Å². The molecule has 0 saturated heterocycles. The smallest absolute Gasteiger partial charge is 0.344 e. The van der Waals surface area contributed by atoms with Gasteiger partial charge < -0.3 is 9.84 Å². The molecule has 1 N–H and O–H groups in total. The van der Waals surface area contributed by atoms with Crippen molar-refractivity contribution in [3.63, 3.8) is 0 Å². The Labute approximate surface area is 97.2 Å². The zero-order valence-corrected chi connectivity index (χ0v) is 10.5. The van der Waals surface area contributed by atoms with Gasteiger partial charge in [0.25, 0.3) is 0 Å². The minimum atomic E-state index is -0.961. The van der Waals surface area contributed by atoms with Crippen LogP contribution in [-0.4, -0.2) is 17.2 Å². The highest BCUT2D eigenvalue weighted by molar-refractivity contribution is 9.10. The second-order valence-corrected chi connectivity index (χ2v) is 4.38. The van der Waals surface area contributed by atoms with Gasteiger partial charge in [-0.15, -0.1) is 0 Å². The van der Waals surface area contributed by atoms with Crippen molar-refractivity contribution in [2.75, 3.05) is 0 Å². The minimum Gasteiger partial charge on any atom is -0.479 e. The van der Waals surface area contributed by atoms with Crippen molar-refractivity contribution >= 4 is 21.9 Å². The van der Waals surface area contributed by atoms with Crippen LogP contribution in [0.1, 0.15) is 18.1 Å². The molecule has 1 unspecified atom stereocenters. The second kappa shape index (κ2) is 4.66. The molecule has 0 amide bonds. The molecule has 0 aliphatic carbocycles. The largest absolute Gasteiger partial charge is 0.479 e. The highest BCUT2D eigenvalue weighted by Gasteiger charge is 2.15. The lowest BCUT2D eigenvalue weighted by atomic mass is 10.1. The molecule has 1 aromatic carbocycles. The van der Waals surface area contributed by atoms with Crippen molar-refractivity contribution in [1.29, 1.82) is 0 Å². The van der Waals surface area contributed by atoms with Crippen LogP contribution in [0, 0.1) is 13.8 Å². The van der Waals surface area contributed by atoms with Crippen molar-refractivity contribution in [3.05, 3.63) is 27.7 Å². The summed E-state index contributed by atoms with van der Waals surface area (Å²) < 4.78 is 6.34. The number of aryl methyl sites for hydroxylation is 2. The Morgan fingerprint density at radius 2 is 1.87 bits per heavy atom. The standard InChI is InChI=1S/C11H13BrO3/c1-6-4-9(12)5-7(2)10(6)15-8(3)11(13)14/h4-5,8H,1-3H3,(H,13,14). The van der Waals surface area contributed by atoms with E-state index in [4.69, 9.17) is 9.84 Å². The summed E-state index contributed by atoms with van der Waals surface area (Å²) in [7, 11) is 0. The molecule has 0 spiro atoms. The molecule has 1 aromatic rings. The molecule has 0 bridgehead atoms. The van der Waals surface area contributed by atoms with Gasteiger partial charge in [0.2, 0.25) is 0 Å². The maximum Gasteiger partial charge on any atom is 0.344 e. The number of aliphatic carboxylic acids is 1. The van der Waals surface area contributed by atoms with Gasteiger partial charge in [-0.3, -0.25) is 0 Å². The number of carboxylic acids is 1. The van der Waals surface area contributed by atoms with E-state index in [0.717, 1.165) is 15.6 Å². The molecular formula is C11H13BrO3. The maximum absolute atomic E-state index is 10.7. The molecule has 1 rings (SSSR count). The van der Waals surface area contributed by atoms with Crippen LogP contribution < -0.4 is 4.74 Å². The second-order valence-electron chi connectivity index (χ2n) is 3.47. The van der Waals surface area contributed by atoms with E-state index in [0.29, 0.717) is 5.75 Å². The minimum absolute atomic E-state index is 0.646. The van der Waals surface area contributed by atoms with Crippen LogP contribution >= 0.6 is 15.9 Å². The van der Waals surface area contributed by atoms with Crippen LogP contribution in [0.3, 0.4) is 0 Å². The summed E-state index contributed by atoms with van der Waals surface area (Å²) in [6, 6.07) is 3.80. The van der Waals surface area contributed by atoms with Crippen molar-refractivity contribution in [2.45, 2.75) is 26.9 Å². The van der Waals surface area contributed by atoms with Gasteiger partial charge in [0.15, 0.2) is 6.10 Å². The summed E-state index contributed by atoms with van der Waals surface area (Å²) in [5, 5.41) is 8.75. The summed E-state index contributed by atoms with van der Waals surface area (Å²) in [6.45, 7) is 5.30. The van der Waals surface area contributed by atoms with Crippen LogP contribution in [0.4, 0.5) is 0 Å². The number of carbonyl (C=O) groups is 1. The molecule has 0 radical (unpaired) electrons. The molecule has 82 valence electrons. The Morgan fingerprint density at radius 3 is 2.27 bits per heavy atom. The predicted molar refractivity (Wildman–Crippen MR) is 61.3 cm³/mol. The molecule has 0 heterocycles. The van der Waals surface area contributed by atoms with E-state index in [1.54, 1.807) is 0 Å². The summed E-state index contributed by atoms with van der Waals surface area (Å²) in [6.07, 6.45) is -0.830. The quantitative estimate of drug-likeness (QED) is 0.921. The first-order valence-electron chi connectivity index (χ1n) is 4.58. The molecule has 15 heavy (non-hydrogen) atoms. The van der Waals surface area contributed by atoms with E-state index >= 15 is 0 Å². The van der Waals surface area contributed by atoms with Gasteiger partial charge in [0.1, 0.15) is 5.75 Å². The Hall–Kier alpha value is -1.03. The van der Waals surface area contributed by atoms with Gasteiger partial charge in [-0.25, -0.2) is 4.79 Å². The zero-order chi connectivity index (χ0) is 11.6. The first-order valence-corrected chi connectivity index (χ1v) is 5.37. The Kier molecular flexibility index (Phi) is 3.74. The molecular weight excluding hydrogens is 260 g/mol. The van der Waals surface area contributed by atoms with E-state index in [9.17, 15) is 4.79 Å². The fraction of sp³-hybridized carbons (Fsp3) is 0.364. The first-order chi connectivity index (χ1) is 6.91. The molecule has 0 aliphatic rings. The molecule has 0 aliphatic heterocycles. The number of hydrogen-bond acceptors (Lipinski definition) is 2. The average molecular weight is 273 g/mol. The first kappa shape index (κ1) is 12.0. The van der Waals surface area contributed by atoms with E-state index in [-0.39, 0.29) is 0 Å². The fourth-order valence-electron chi connectivity index (χ4n) is 1.31. The van der Waals surface area contributed by atoms with Gasteiger partial charge in [-0.1, -0.05) is 15.9 Å². The van der Waals surface area contributed by atoms with Gasteiger partial charge in [-0.05, 0) is 44.0 Å². The molecule has 3 nitrogen and oxygen atoms in total. The molecule has 0 saturated carbocycles. The van der Waals surface area contributed by atoms with Gasteiger partial charge in [-0.2, -0.15) is 0 Å². The number of ether oxygens (including phenoxy) is 1. The van der Waals surface area contributed by atoms with Crippen LogP contribution in [0.2, 0.25) is 0 Å². The van der Waals surface area contributed by atoms with Crippen molar-refractivity contribution in [2.24, 2.45) is 0 Å². The lowest BCUT2D eigenvalue weighted by Crippen LogP contribution is -2.23. The van der Waals surface area contributed by atoms with E-state index < -0.39 is 12.1 Å². The lowest BCUT2D eigenvalue weighted by Gasteiger charge is -2.15. The Bertz CT molecular complexity index is 364. The van der Waals surface area contributed by atoms with Gasteiger partial charge >= 0.3 is 5.97 Å². The normalized spacial score (nSPS) is 12.3. The molecule has 4 heteroatoms. The van der Waals surface area contributed by atoms with E-state index in [1.807, 2.05) is 26.0 Å². The van der Waals surface area contributed by atoms with Gasteiger partial charge in [0.05, 0.1) is 0 Å². The number of carboxylic acid groups (broad SMARTS) is 1. The molecule has 1 atom stereocenters. The fourth-order valence-corrected chi connectivity index (χ4v) is 2.00. The van der Waals surface area contributed by atoms with Crippen molar-refractivity contribution < 1.29 is 14.6 Å². The van der Waals surface area contributed by atoms with E-state index in [2.05, 4.69) is 15.9 Å². The van der Waals surface area contributed by atoms with Crippen LogP contribution in [0.5, 0.6) is 5.75 Å². The summed E-state index contributed by atoms with van der Waals surface area (Å²) >= 11 is 3.37. The number of hydrogen-bond donors (Lipinski definition) is 1. The third kappa shape index (κ3) is 2.96. The lowest BCUT2D eigenvalue weighted by molar-refractivity contribution is -0.144. The monoisotopic (exact) mass is 272 g/mol. The summed E-state index contributed by atoms with van der Waals surface area (Å²) in [5.41, 5.74) is 1.85. The predicted octanol–water partition coefficient (Wildman–Crippen LogP) is 2.92. The van der Waals surface area contributed by atoms with Crippen molar-refractivity contribution in [1.82, 2.24) is 0 Å². The van der Waals surface area contributed by atoms with Crippen molar-refractivity contribution in [3.8, 4) is 5.75 Å². The number of benzene rings is 1. The number of rotatable bonds is 3. The average Bonchev–Trinajstić information content (AvgIpc) is 2.10. The number of halogens is 1. The highest BCUT2D eigenvalue weighted by Crippen LogP contribution is 2.28. The van der Waals surface area contributed by atoms with E-state index in [1.165, 1.54) is 6.92 Å². The zero-order valence-electron chi connectivity index (χ0n) is 8.87.